The van der Waals surface area contributed by atoms with Gasteiger partial charge in [0.25, 0.3) is 0 Å². The topological polar surface area (TPSA) is 228 Å². The van der Waals surface area contributed by atoms with Gasteiger partial charge in [-0.1, -0.05) is 202 Å². The molecule has 0 aromatic rings. The highest BCUT2D eigenvalue weighted by molar-refractivity contribution is 5.76. The maximum Gasteiger partial charge on any atom is 0.220 e. The zero-order valence-corrected chi connectivity index (χ0v) is 44.4. The monoisotopic (exact) mass is 1020 g/mol. The first-order valence-electron chi connectivity index (χ1n) is 28.2. The summed E-state index contributed by atoms with van der Waals surface area (Å²) in [4.78, 5) is 13.1. The molecule has 1 amide bonds. The van der Waals surface area contributed by atoms with Gasteiger partial charge in [0.15, 0.2) is 12.6 Å². The number of carbonyl (C=O) groups excluding carboxylic acids is 1. The third-order valence-corrected chi connectivity index (χ3v) is 13.4. The Morgan fingerprint density at radius 3 is 1.51 bits per heavy atom. The van der Waals surface area contributed by atoms with Crippen LogP contribution in [-0.4, -0.2) is 140 Å². The van der Waals surface area contributed by atoms with E-state index in [0.29, 0.717) is 12.8 Å². The molecule has 2 aliphatic heterocycles. The molecule has 0 aliphatic carbocycles. The molecular weight excluding hydrogens is 919 g/mol. The first-order chi connectivity index (χ1) is 35.1. The lowest BCUT2D eigenvalue weighted by Crippen LogP contribution is -2.65. The van der Waals surface area contributed by atoms with Gasteiger partial charge in [-0.2, -0.15) is 0 Å². The summed E-state index contributed by atoms with van der Waals surface area (Å²) >= 11 is 0. The summed E-state index contributed by atoms with van der Waals surface area (Å²) < 4.78 is 22.7. The molecule has 416 valence electrons. The maximum absolute atomic E-state index is 13.1. The number of ether oxygens (including phenoxy) is 4. The van der Waals surface area contributed by atoms with Gasteiger partial charge in [0, 0.05) is 6.42 Å². The van der Waals surface area contributed by atoms with Gasteiger partial charge in [-0.25, -0.2) is 0 Å². The number of rotatable bonds is 43. The summed E-state index contributed by atoms with van der Waals surface area (Å²) in [7, 11) is 0. The van der Waals surface area contributed by atoms with Crippen LogP contribution in [-0.2, 0) is 23.7 Å². The van der Waals surface area contributed by atoms with E-state index in [1.807, 2.05) is 18.2 Å². The average Bonchev–Trinajstić information content (AvgIpc) is 3.38. The van der Waals surface area contributed by atoms with Crippen molar-refractivity contribution in [2.24, 2.45) is 0 Å². The highest BCUT2D eigenvalue weighted by Gasteiger charge is 2.51. The summed E-state index contributed by atoms with van der Waals surface area (Å²) in [6, 6.07) is -0.972. The van der Waals surface area contributed by atoms with Crippen molar-refractivity contribution in [1.29, 1.82) is 0 Å². The molecule has 12 unspecified atom stereocenters. The molecule has 14 nitrogen and oxygen atoms in total. The van der Waals surface area contributed by atoms with Crippen molar-refractivity contribution in [1.82, 2.24) is 5.32 Å². The van der Waals surface area contributed by atoms with Crippen LogP contribution in [0.25, 0.3) is 0 Å². The van der Waals surface area contributed by atoms with Gasteiger partial charge >= 0.3 is 0 Å². The minimum atomic E-state index is -1.80. The molecule has 9 N–H and O–H groups in total. The molecule has 14 heteroatoms. The minimum absolute atomic E-state index is 0.149. The molecule has 2 saturated heterocycles. The lowest BCUT2D eigenvalue weighted by molar-refractivity contribution is -0.359. The lowest BCUT2D eigenvalue weighted by Gasteiger charge is -2.46. The number of hydrogen-bond donors (Lipinski definition) is 9. The van der Waals surface area contributed by atoms with Crippen LogP contribution in [0.1, 0.15) is 194 Å². The van der Waals surface area contributed by atoms with E-state index < -0.39 is 86.8 Å². The van der Waals surface area contributed by atoms with Crippen LogP contribution in [0.2, 0.25) is 0 Å². The van der Waals surface area contributed by atoms with Crippen LogP contribution < -0.4 is 5.32 Å². The van der Waals surface area contributed by atoms with Gasteiger partial charge < -0.3 is 65.1 Å². The van der Waals surface area contributed by atoms with Gasteiger partial charge in [0.05, 0.1) is 32.0 Å². The third-order valence-electron chi connectivity index (χ3n) is 13.4. The number of carbonyl (C=O) groups is 1. The van der Waals surface area contributed by atoms with Crippen LogP contribution in [0.4, 0.5) is 0 Å². The molecule has 0 saturated carbocycles. The Hall–Kier alpha value is -2.57. The predicted octanol–water partition coefficient (Wildman–Crippen LogP) is 8.77. The number of hydrogen-bond acceptors (Lipinski definition) is 13. The molecule has 72 heavy (non-hydrogen) atoms. The lowest BCUT2D eigenvalue weighted by atomic mass is 9.97. The Balaban J connectivity index is 1.80. The zero-order valence-electron chi connectivity index (χ0n) is 44.4. The van der Waals surface area contributed by atoms with E-state index in [9.17, 15) is 45.6 Å². The molecule has 0 aromatic heterocycles. The molecule has 2 aliphatic rings. The maximum atomic E-state index is 13.1. The Morgan fingerprint density at radius 1 is 0.514 bits per heavy atom. The van der Waals surface area contributed by atoms with Crippen LogP contribution in [0.5, 0.6) is 0 Å². The highest BCUT2D eigenvalue weighted by Crippen LogP contribution is 2.30. The number of aliphatic hydroxyl groups is 8. The van der Waals surface area contributed by atoms with E-state index in [-0.39, 0.29) is 18.9 Å². The molecule has 0 aromatic carbocycles. The van der Waals surface area contributed by atoms with Crippen molar-refractivity contribution in [2.75, 3.05) is 19.8 Å². The van der Waals surface area contributed by atoms with Crippen LogP contribution in [0.15, 0.2) is 72.9 Å². The van der Waals surface area contributed by atoms with Crippen molar-refractivity contribution < 1.29 is 64.6 Å². The second-order valence-corrected chi connectivity index (χ2v) is 19.7. The van der Waals surface area contributed by atoms with E-state index in [1.54, 1.807) is 6.08 Å². The number of allylic oxidation sites excluding steroid dienone is 11. The Kier molecular flexibility index (Phi) is 39.7. The first kappa shape index (κ1) is 65.5. The van der Waals surface area contributed by atoms with Crippen molar-refractivity contribution >= 4 is 5.91 Å². The second-order valence-electron chi connectivity index (χ2n) is 19.7. The molecule has 2 fully saturated rings. The SMILES string of the molecule is CC/C=C\C/C=C\C/C=C\C/C=C\CCC(=O)NC(COC1OC(CO)C(OC2OC(CO)C(O)C(O)C2O)C(O)C1O)C(O)/C=C/CC/C=C/CCCCCCCCCCCCCCCCCCCCC. The Bertz CT molecular complexity index is 1480. The smallest absolute Gasteiger partial charge is 0.220 e. The zero-order chi connectivity index (χ0) is 52.4. The van der Waals surface area contributed by atoms with Gasteiger partial charge in [0.2, 0.25) is 5.91 Å². The fourth-order valence-electron chi connectivity index (χ4n) is 8.85. The molecule has 0 radical (unpaired) electrons. The molecule has 2 heterocycles. The molecule has 12 atom stereocenters. The Morgan fingerprint density at radius 2 is 0.972 bits per heavy atom. The Labute approximate surface area is 434 Å². The number of amides is 1. The number of nitrogens with one attached hydrogen (secondary N) is 1. The van der Waals surface area contributed by atoms with E-state index >= 15 is 0 Å². The van der Waals surface area contributed by atoms with E-state index in [1.165, 1.54) is 122 Å². The quantitative estimate of drug-likeness (QED) is 0.0206. The van der Waals surface area contributed by atoms with Crippen LogP contribution in [0.3, 0.4) is 0 Å². The van der Waals surface area contributed by atoms with Crippen molar-refractivity contribution in [3.8, 4) is 0 Å². The summed E-state index contributed by atoms with van der Waals surface area (Å²) in [5.41, 5.74) is 0. The normalized spacial score (nSPS) is 26.1. The van der Waals surface area contributed by atoms with Gasteiger partial charge in [-0.3, -0.25) is 4.79 Å². The summed E-state index contributed by atoms with van der Waals surface area (Å²) in [5.74, 6) is -0.331. The van der Waals surface area contributed by atoms with Gasteiger partial charge in [0.1, 0.15) is 48.8 Å². The average molecular weight is 1020 g/mol. The van der Waals surface area contributed by atoms with Crippen LogP contribution in [0, 0.1) is 0 Å². The van der Waals surface area contributed by atoms with E-state index in [2.05, 4.69) is 67.8 Å². The van der Waals surface area contributed by atoms with Crippen molar-refractivity contribution in [2.45, 2.75) is 267 Å². The van der Waals surface area contributed by atoms with E-state index in [4.69, 9.17) is 18.9 Å². The van der Waals surface area contributed by atoms with Gasteiger partial charge in [-0.15, -0.1) is 0 Å². The summed E-state index contributed by atoms with van der Waals surface area (Å²) in [6.07, 6.45) is 39.8. The standard InChI is InChI=1S/C58H101NO13/c1-3-5-7-9-11-13-15-17-18-19-20-21-22-23-24-25-26-27-28-30-31-33-35-37-39-41-47(62)46(59-50(63)42-40-38-36-34-32-29-16-14-12-10-8-6-4-2)45-69-57-55(68)53(66)56(49(44-61)71-57)72-58-54(67)52(65)51(64)48(43-60)70-58/h6,8,12,14,29,31-33,36,38-39,41,46-49,51-58,60-62,64-68H,3-5,7,9-11,13,15-28,30,34-35,37,40,42-45H2,1-2H3,(H,59,63)/b8-6-,14-12-,32-29-,33-31+,38-36-,41-39+. The molecule has 0 spiro atoms. The summed E-state index contributed by atoms with van der Waals surface area (Å²) in [6.45, 7) is 2.60. The number of unbranched alkanes of at least 4 members (excludes halogenated alkanes) is 20. The van der Waals surface area contributed by atoms with Crippen molar-refractivity contribution in [3.63, 3.8) is 0 Å². The highest BCUT2D eigenvalue weighted by atomic mass is 16.7. The number of aliphatic hydroxyl groups excluding tert-OH is 8. The largest absolute Gasteiger partial charge is 0.394 e. The molecule has 2 rings (SSSR count). The predicted molar refractivity (Wildman–Crippen MR) is 286 cm³/mol. The fourth-order valence-corrected chi connectivity index (χ4v) is 8.85. The summed E-state index contributed by atoms with van der Waals surface area (Å²) in [5, 5.41) is 86.8. The van der Waals surface area contributed by atoms with E-state index in [0.717, 1.165) is 38.5 Å². The fraction of sp³-hybridized carbons (Fsp3) is 0.776. The van der Waals surface area contributed by atoms with Gasteiger partial charge in [-0.05, 0) is 57.8 Å². The first-order valence-corrected chi connectivity index (χ1v) is 28.2. The van der Waals surface area contributed by atoms with Crippen LogP contribution >= 0.6 is 0 Å². The second kappa shape index (κ2) is 43.6. The molecular formula is C58H101NO13. The third kappa shape index (κ3) is 29.5. The molecule has 0 bridgehead atoms. The minimum Gasteiger partial charge on any atom is -0.394 e. The van der Waals surface area contributed by atoms with Crippen molar-refractivity contribution in [3.05, 3.63) is 72.9 Å².